The molecule has 0 amide bonds. The molecule has 72 valence electrons. The molecule has 0 fully saturated rings. The quantitative estimate of drug-likeness (QED) is 0.779. The molecule has 0 aliphatic rings. The summed E-state index contributed by atoms with van der Waals surface area (Å²) in [6, 6.07) is 8.26. The van der Waals surface area contributed by atoms with Crippen LogP contribution in [0.2, 0.25) is 0 Å². The van der Waals surface area contributed by atoms with E-state index in [1.807, 2.05) is 12.3 Å². The Morgan fingerprint density at radius 1 is 1.29 bits per heavy atom. The zero-order chi connectivity index (χ0) is 9.97. The van der Waals surface area contributed by atoms with Gasteiger partial charge in [0.05, 0.1) is 5.52 Å². The summed E-state index contributed by atoms with van der Waals surface area (Å²) < 4.78 is 0. The predicted molar refractivity (Wildman–Crippen MR) is 59.2 cm³/mol. The van der Waals surface area contributed by atoms with Crippen LogP contribution in [0.3, 0.4) is 0 Å². The molecule has 0 unspecified atom stereocenters. The minimum atomic E-state index is 0.689. The van der Waals surface area contributed by atoms with E-state index in [0.717, 1.165) is 11.9 Å². The van der Waals surface area contributed by atoms with Crippen molar-refractivity contribution < 1.29 is 0 Å². The van der Waals surface area contributed by atoms with E-state index in [0.29, 0.717) is 6.54 Å². The number of hydrogen-bond donors (Lipinski definition) is 1. The molecule has 0 aliphatic heterocycles. The van der Waals surface area contributed by atoms with Crippen LogP contribution in [0.1, 0.15) is 11.1 Å². The molecule has 0 spiro atoms. The first kappa shape index (κ1) is 9.16. The Morgan fingerprint density at radius 2 is 2.14 bits per heavy atom. The van der Waals surface area contributed by atoms with Gasteiger partial charge in [-0.25, -0.2) is 0 Å². The fourth-order valence-electron chi connectivity index (χ4n) is 1.80. The first-order valence-electron chi connectivity index (χ1n) is 4.86. The van der Waals surface area contributed by atoms with Gasteiger partial charge in [-0.1, -0.05) is 12.1 Å². The smallest absolute Gasteiger partial charge is 0.0704 e. The normalized spacial score (nSPS) is 10.7. The van der Waals surface area contributed by atoms with Crippen molar-refractivity contribution in [2.24, 2.45) is 5.73 Å². The third-order valence-corrected chi connectivity index (χ3v) is 2.53. The number of aromatic nitrogens is 1. The summed E-state index contributed by atoms with van der Waals surface area (Å²) in [5.74, 6) is 0. The van der Waals surface area contributed by atoms with E-state index < -0.39 is 0 Å². The summed E-state index contributed by atoms with van der Waals surface area (Å²) in [5.41, 5.74) is 9.29. The summed E-state index contributed by atoms with van der Waals surface area (Å²) in [5, 5.41) is 1.23. The number of rotatable bonds is 2. The highest BCUT2D eigenvalue weighted by Crippen LogP contribution is 2.20. The first-order chi connectivity index (χ1) is 6.83. The molecule has 2 rings (SSSR count). The van der Waals surface area contributed by atoms with Gasteiger partial charge in [0.25, 0.3) is 0 Å². The van der Waals surface area contributed by atoms with E-state index in [2.05, 4.69) is 30.1 Å². The average Bonchev–Trinajstić information content (AvgIpc) is 2.23. The maximum Gasteiger partial charge on any atom is 0.0704 e. The zero-order valence-electron chi connectivity index (χ0n) is 8.33. The van der Waals surface area contributed by atoms with Crippen molar-refractivity contribution in [1.29, 1.82) is 0 Å². The van der Waals surface area contributed by atoms with Crippen LogP contribution < -0.4 is 5.73 Å². The van der Waals surface area contributed by atoms with E-state index in [1.165, 1.54) is 16.5 Å². The molecule has 2 aromatic rings. The zero-order valence-corrected chi connectivity index (χ0v) is 8.33. The SMILES string of the molecule is Cc1ccc2ncccc2c1CCN. The topological polar surface area (TPSA) is 38.9 Å². The molecule has 2 N–H and O–H groups in total. The third-order valence-electron chi connectivity index (χ3n) is 2.53. The number of fused-ring (bicyclic) bond motifs is 1. The lowest BCUT2D eigenvalue weighted by molar-refractivity contribution is 0.966. The molecule has 0 saturated heterocycles. The van der Waals surface area contributed by atoms with Crippen molar-refractivity contribution in [2.75, 3.05) is 6.54 Å². The number of nitrogens with zero attached hydrogens (tertiary/aromatic N) is 1. The molecular weight excluding hydrogens is 172 g/mol. The van der Waals surface area contributed by atoms with Gasteiger partial charge in [0.15, 0.2) is 0 Å². The van der Waals surface area contributed by atoms with Gasteiger partial charge in [-0.05, 0) is 43.1 Å². The average molecular weight is 186 g/mol. The lowest BCUT2D eigenvalue weighted by Crippen LogP contribution is -2.04. The number of hydrogen-bond acceptors (Lipinski definition) is 2. The summed E-state index contributed by atoms with van der Waals surface area (Å²) in [6.07, 6.45) is 2.75. The highest BCUT2D eigenvalue weighted by molar-refractivity contribution is 5.83. The van der Waals surface area contributed by atoms with Crippen LogP contribution in [0, 0.1) is 6.92 Å². The van der Waals surface area contributed by atoms with Crippen molar-refractivity contribution in [2.45, 2.75) is 13.3 Å². The largest absolute Gasteiger partial charge is 0.330 e. The number of nitrogens with two attached hydrogens (primary N) is 1. The van der Waals surface area contributed by atoms with Crippen molar-refractivity contribution in [3.63, 3.8) is 0 Å². The van der Waals surface area contributed by atoms with Crippen LogP contribution in [0.4, 0.5) is 0 Å². The Balaban J connectivity index is 2.69. The molecule has 2 nitrogen and oxygen atoms in total. The molecule has 2 heteroatoms. The van der Waals surface area contributed by atoms with Crippen molar-refractivity contribution in [3.8, 4) is 0 Å². The Labute approximate surface area is 83.8 Å². The van der Waals surface area contributed by atoms with E-state index in [4.69, 9.17) is 5.73 Å². The molecule has 1 heterocycles. The molecule has 14 heavy (non-hydrogen) atoms. The standard InChI is InChI=1S/C12H14N2/c1-9-4-5-12-11(3-2-8-14-12)10(9)6-7-13/h2-5,8H,6-7,13H2,1H3. The van der Waals surface area contributed by atoms with E-state index in [-0.39, 0.29) is 0 Å². The molecule has 1 aromatic heterocycles. The Hall–Kier alpha value is -1.41. The van der Waals surface area contributed by atoms with Gasteiger partial charge in [-0.15, -0.1) is 0 Å². The highest BCUT2D eigenvalue weighted by atomic mass is 14.6. The fourth-order valence-corrected chi connectivity index (χ4v) is 1.80. The monoisotopic (exact) mass is 186 g/mol. The second-order valence-corrected chi connectivity index (χ2v) is 3.47. The van der Waals surface area contributed by atoms with E-state index in [1.54, 1.807) is 0 Å². The molecule has 0 aliphatic carbocycles. The minimum absolute atomic E-state index is 0.689. The van der Waals surface area contributed by atoms with Crippen LogP contribution in [-0.4, -0.2) is 11.5 Å². The molecular formula is C12H14N2. The molecule has 0 atom stereocenters. The van der Waals surface area contributed by atoms with Crippen LogP contribution in [-0.2, 0) is 6.42 Å². The Kier molecular flexibility index (Phi) is 2.46. The van der Waals surface area contributed by atoms with Crippen LogP contribution in [0.25, 0.3) is 10.9 Å². The van der Waals surface area contributed by atoms with Crippen molar-refractivity contribution >= 4 is 10.9 Å². The first-order valence-corrected chi connectivity index (χ1v) is 4.86. The lowest BCUT2D eigenvalue weighted by Gasteiger charge is -2.08. The summed E-state index contributed by atoms with van der Waals surface area (Å²) in [6.45, 7) is 2.81. The molecule has 0 saturated carbocycles. The summed E-state index contributed by atoms with van der Waals surface area (Å²) in [7, 11) is 0. The minimum Gasteiger partial charge on any atom is -0.330 e. The number of pyridine rings is 1. The van der Waals surface area contributed by atoms with Gasteiger partial charge in [-0.3, -0.25) is 4.98 Å². The highest BCUT2D eigenvalue weighted by Gasteiger charge is 2.03. The third kappa shape index (κ3) is 1.49. The van der Waals surface area contributed by atoms with Gasteiger partial charge in [0, 0.05) is 11.6 Å². The van der Waals surface area contributed by atoms with Crippen LogP contribution in [0.15, 0.2) is 30.5 Å². The predicted octanol–water partition coefficient (Wildman–Crippen LogP) is 2.04. The van der Waals surface area contributed by atoms with Gasteiger partial charge < -0.3 is 5.73 Å². The van der Waals surface area contributed by atoms with Gasteiger partial charge in [-0.2, -0.15) is 0 Å². The molecule has 0 bridgehead atoms. The molecule has 0 radical (unpaired) electrons. The van der Waals surface area contributed by atoms with Crippen molar-refractivity contribution in [1.82, 2.24) is 4.98 Å². The van der Waals surface area contributed by atoms with Crippen LogP contribution in [0.5, 0.6) is 0 Å². The second kappa shape index (κ2) is 3.76. The second-order valence-electron chi connectivity index (χ2n) is 3.47. The van der Waals surface area contributed by atoms with Gasteiger partial charge in [0.1, 0.15) is 0 Å². The fraction of sp³-hybridized carbons (Fsp3) is 0.250. The van der Waals surface area contributed by atoms with E-state index >= 15 is 0 Å². The van der Waals surface area contributed by atoms with Gasteiger partial charge in [0.2, 0.25) is 0 Å². The summed E-state index contributed by atoms with van der Waals surface area (Å²) in [4.78, 5) is 4.32. The van der Waals surface area contributed by atoms with Crippen molar-refractivity contribution in [3.05, 3.63) is 41.6 Å². The van der Waals surface area contributed by atoms with Crippen LogP contribution >= 0.6 is 0 Å². The number of aryl methyl sites for hydroxylation is 1. The van der Waals surface area contributed by atoms with E-state index in [9.17, 15) is 0 Å². The maximum atomic E-state index is 5.60. The van der Waals surface area contributed by atoms with Gasteiger partial charge >= 0.3 is 0 Å². The summed E-state index contributed by atoms with van der Waals surface area (Å²) >= 11 is 0. The Bertz CT molecular complexity index is 449. The molecule has 1 aromatic carbocycles. The maximum absolute atomic E-state index is 5.60. The lowest BCUT2D eigenvalue weighted by atomic mass is 10.0. The number of benzene rings is 1. The Morgan fingerprint density at radius 3 is 2.93 bits per heavy atom.